The fourth-order valence-corrected chi connectivity index (χ4v) is 5.09. The number of fused-ring (bicyclic) bond motifs is 3. The molecule has 0 aliphatic heterocycles. The van der Waals surface area contributed by atoms with Crippen LogP contribution in [-0.2, 0) is 9.53 Å². The summed E-state index contributed by atoms with van der Waals surface area (Å²) >= 11 is 0. The third kappa shape index (κ3) is 3.50. The number of carbonyl (C=O) groups is 2. The van der Waals surface area contributed by atoms with Gasteiger partial charge in [-0.3, -0.25) is 4.90 Å². The minimum absolute atomic E-state index is 0.0750. The highest BCUT2D eigenvalue weighted by Crippen LogP contribution is 2.48. The number of ether oxygens (including phenoxy) is 1. The fourth-order valence-electron chi connectivity index (χ4n) is 5.09. The molecule has 5 heteroatoms. The Balaban J connectivity index is 1.85. The van der Waals surface area contributed by atoms with E-state index in [1.807, 2.05) is 48.5 Å². The summed E-state index contributed by atoms with van der Waals surface area (Å²) in [6, 6.07) is 14.5. The smallest absolute Gasteiger partial charge is 0.411 e. The van der Waals surface area contributed by atoms with Crippen LogP contribution in [0.1, 0.15) is 55.7 Å². The Kier molecular flexibility index (Phi) is 5.56. The number of nitrogens with zero attached hydrogens (tertiary/aromatic N) is 1. The van der Waals surface area contributed by atoms with Gasteiger partial charge in [-0.15, -0.1) is 0 Å². The molecule has 1 amide bonds. The van der Waals surface area contributed by atoms with Crippen molar-refractivity contribution >= 4 is 12.1 Å². The molecule has 2 aromatic rings. The zero-order chi connectivity index (χ0) is 20.4. The van der Waals surface area contributed by atoms with E-state index in [-0.39, 0.29) is 5.92 Å². The van der Waals surface area contributed by atoms with Crippen molar-refractivity contribution in [2.45, 2.75) is 50.6 Å². The van der Waals surface area contributed by atoms with E-state index in [4.69, 9.17) is 4.74 Å². The molecule has 1 atom stereocenters. The molecule has 0 heterocycles. The Labute approximate surface area is 171 Å². The predicted octanol–water partition coefficient (Wildman–Crippen LogP) is 5.25. The molecule has 1 N–H and O–H groups in total. The Morgan fingerprint density at radius 1 is 0.931 bits per heavy atom. The zero-order valence-corrected chi connectivity index (χ0v) is 16.7. The summed E-state index contributed by atoms with van der Waals surface area (Å²) in [5.41, 5.74) is 4.01. The van der Waals surface area contributed by atoms with Gasteiger partial charge in [-0.1, -0.05) is 74.2 Å². The highest BCUT2D eigenvalue weighted by molar-refractivity contribution is 5.85. The number of carbonyl (C=O) groups excluding carboxylic acids is 1. The largest absolute Gasteiger partial charge is 0.480 e. The average molecular weight is 393 g/mol. The second-order valence-corrected chi connectivity index (χ2v) is 7.99. The van der Waals surface area contributed by atoms with E-state index < -0.39 is 24.1 Å². The van der Waals surface area contributed by atoms with Gasteiger partial charge in [-0.05, 0) is 41.0 Å². The van der Waals surface area contributed by atoms with Crippen LogP contribution in [0.15, 0.2) is 48.5 Å². The van der Waals surface area contributed by atoms with Gasteiger partial charge in [-0.2, -0.15) is 0 Å². The van der Waals surface area contributed by atoms with Gasteiger partial charge in [0.1, 0.15) is 6.04 Å². The van der Waals surface area contributed by atoms with E-state index in [1.165, 1.54) is 12.0 Å². The first-order valence-electron chi connectivity index (χ1n) is 10.4. The van der Waals surface area contributed by atoms with E-state index >= 15 is 0 Å². The summed E-state index contributed by atoms with van der Waals surface area (Å²) in [6.45, 7) is 0. The lowest BCUT2D eigenvalue weighted by atomic mass is 9.88. The van der Waals surface area contributed by atoms with Crippen molar-refractivity contribution < 1.29 is 19.4 Å². The van der Waals surface area contributed by atoms with Gasteiger partial charge in [0, 0.05) is 0 Å². The Morgan fingerprint density at radius 2 is 1.45 bits per heavy atom. The molecule has 152 valence electrons. The first kappa shape index (κ1) is 19.5. The number of aliphatic carboxylic acids is 1. The second-order valence-electron chi connectivity index (χ2n) is 7.99. The number of hydrogen-bond donors (Lipinski definition) is 1. The first-order chi connectivity index (χ1) is 14.1. The van der Waals surface area contributed by atoms with Crippen molar-refractivity contribution in [3.63, 3.8) is 0 Å². The minimum Gasteiger partial charge on any atom is -0.480 e. The van der Waals surface area contributed by atoms with Crippen molar-refractivity contribution in [1.82, 2.24) is 4.90 Å². The average Bonchev–Trinajstić information content (AvgIpc) is 2.87. The highest BCUT2D eigenvalue weighted by atomic mass is 16.5. The van der Waals surface area contributed by atoms with Gasteiger partial charge in [0.25, 0.3) is 0 Å². The summed E-state index contributed by atoms with van der Waals surface area (Å²) in [5, 5.41) is 10.2. The molecule has 0 saturated heterocycles. The highest BCUT2D eigenvalue weighted by Gasteiger charge is 2.45. The maximum atomic E-state index is 13.0. The third-order valence-electron chi connectivity index (χ3n) is 6.36. The Morgan fingerprint density at radius 3 is 1.93 bits per heavy atom. The molecule has 1 fully saturated rings. The SMILES string of the molecule is COC(=O)N(C1c2ccccc2-c2ccccc21)[C@H](C(=O)O)C1CCCCCC1. The molecule has 29 heavy (non-hydrogen) atoms. The summed E-state index contributed by atoms with van der Waals surface area (Å²) < 4.78 is 5.13. The van der Waals surface area contributed by atoms with Crippen LogP contribution in [-0.4, -0.2) is 35.2 Å². The van der Waals surface area contributed by atoms with Gasteiger partial charge in [-0.25, -0.2) is 9.59 Å². The molecule has 0 aromatic heterocycles. The number of methoxy groups -OCH3 is 1. The molecule has 0 radical (unpaired) electrons. The topological polar surface area (TPSA) is 66.8 Å². The van der Waals surface area contributed by atoms with Gasteiger partial charge in [0.05, 0.1) is 13.2 Å². The van der Waals surface area contributed by atoms with Crippen molar-refractivity contribution in [2.24, 2.45) is 5.92 Å². The summed E-state index contributed by atoms with van der Waals surface area (Å²) in [7, 11) is 1.33. The van der Waals surface area contributed by atoms with Crippen molar-refractivity contribution in [1.29, 1.82) is 0 Å². The second kappa shape index (κ2) is 8.27. The van der Waals surface area contributed by atoms with E-state index in [9.17, 15) is 14.7 Å². The van der Waals surface area contributed by atoms with Crippen LogP contribution >= 0.6 is 0 Å². The van der Waals surface area contributed by atoms with E-state index in [2.05, 4.69) is 0 Å². The zero-order valence-electron chi connectivity index (χ0n) is 16.7. The Bertz CT molecular complexity index is 856. The van der Waals surface area contributed by atoms with Gasteiger partial charge < -0.3 is 9.84 Å². The lowest BCUT2D eigenvalue weighted by Crippen LogP contribution is -2.51. The van der Waals surface area contributed by atoms with Crippen LogP contribution in [0, 0.1) is 5.92 Å². The van der Waals surface area contributed by atoms with Gasteiger partial charge in [0.15, 0.2) is 0 Å². The maximum absolute atomic E-state index is 13.0. The molecule has 2 aromatic carbocycles. The molecule has 2 aliphatic carbocycles. The number of benzene rings is 2. The number of rotatable bonds is 4. The molecule has 4 rings (SSSR count). The lowest BCUT2D eigenvalue weighted by molar-refractivity contribution is -0.145. The lowest BCUT2D eigenvalue weighted by Gasteiger charge is -2.37. The van der Waals surface area contributed by atoms with Gasteiger partial charge in [0.2, 0.25) is 0 Å². The number of amides is 1. The molecule has 0 spiro atoms. The molecule has 2 aliphatic rings. The van der Waals surface area contributed by atoms with Crippen molar-refractivity contribution in [3.05, 3.63) is 59.7 Å². The molecular formula is C24H27NO4. The van der Waals surface area contributed by atoms with Crippen LogP contribution < -0.4 is 0 Å². The molecular weight excluding hydrogens is 366 g/mol. The third-order valence-corrected chi connectivity index (χ3v) is 6.36. The quantitative estimate of drug-likeness (QED) is 0.721. The Hall–Kier alpha value is -2.82. The first-order valence-corrected chi connectivity index (χ1v) is 10.4. The van der Waals surface area contributed by atoms with Crippen molar-refractivity contribution in [2.75, 3.05) is 7.11 Å². The monoisotopic (exact) mass is 393 g/mol. The van der Waals surface area contributed by atoms with Crippen LogP contribution in [0.3, 0.4) is 0 Å². The van der Waals surface area contributed by atoms with Gasteiger partial charge >= 0.3 is 12.1 Å². The molecule has 1 saturated carbocycles. The maximum Gasteiger partial charge on any atom is 0.411 e. The van der Waals surface area contributed by atoms with Crippen LogP contribution in [0.2, 0.25) is 0 Å². The minimum atomic E-state index is -0.954. The van der Waals surface area contributed by atoms with E-state index in [0.717, 1.165) is 60.8 Å². The predicted molar refractivity (Wildman–Crippen MR) is 111 cm³/mol. The van der Waals surface area contributed by atoms with E-state index in [0.29, 0.717) is 0 Å². The number of carboxylic acids is 1. The van der Waals surface area contributed by atoms with E-state index in [1.54, 1.807) is 0 Å². The van der Waals surface area contributed by atoms with Crippen LogP contribution in [0.5, 0.6) is 0 Å². The molecule has 0 bridgehead atoms. The molecule has 0 unspecified atom stereocenters. The number of hydrogen-bond acceptors (Lipinski definition) is 3. The standard InChI is InChI=1S/C24H27NO4/c1-29-24(28)25(21(23(26)27)16-10-4-2-3-5-11-16)22-19-14-8-6-12-17(19)18-13-7-9-15-20(18)22/h6-9,12-16,21-22H,2-5,10-11H2,1H3,(H,26,27)/t21-/m0/s1. The summed E-state index contributed by atoms with van der Waals surface area (Å²) in [6.07, 6.45) is 5.30. The fraction of sp³-hybridized carbons (Fsp3) is 0.417. The molecule has 5 nitrogen and oxygen atoms in total. The summed E-state index contributed by atoms with van der Waals surface area (Å²) in [4.78, 5) is 27.0. The normalized spacial score (nSPS) is 17.7. The van der Waals surface area contributed by atoms with Crippen LogP contribution in [0.4, 0.5) is 4.79 Å². The van der Waals surface area contributed by atoms with Crippen LogP contribution in [0.25, 0.3) is 11.1 Å². The number of carboxylic acid groups (broad SMARTS) is 1. The van der Waals surface area contributed by atoms with Crippen molar-refractivity contribution in [3.8, 4) is 11.1 Å². The summed E-state index contributed by atoms with van der Waals surface area (Å²) in [5.74, 6) is -1.03.